The molecule has 0 aromatic heterocycles. The van der Waals surface area contributed by atoms with Gasteiger partial charge in [0.1, 0.15) is 5.60 Å². The van der Waals surface area contributed by atoms with E-state index in [1.165, 1.54) is 0 Å². The van der Waals surface area contributed by atoms with Gasteiger partial charge in [-0.25, -0.2) is 0 Å². The molecule has 0 radical (unpaired) electrons. The second kappa shape index (κ2) is 9.41. The first kappa shape index (κ1) is 27.3. The first-order chi connectivity index (χ1) is 12.9. The zero-order valence-electron chi connectivity index (χ0n) is 21.4. The van der Waals surface area contributed by atoms with Crippen molar-refractivity contribution < 1.29 is 18.7 Å². The molecular formula is C23H50O4Si2. The maximum atomic E-state index is 9.65. The molecule has 1 aliphatic rings. The maximum absolute atomic E-state index is 9.65. The Balaban J connectivity index is 2.68. The van der Waals surface area contributed by atoms with Crippen LogP contribution in [0.1, 0.15) is 74.7 Å². The van der Waals surface area contributed by atoms with Crippen LogP contribution in [0.2, 0.25) is 36.3 Å². The monoisotopic (exact) mass is 446 g/mol. The number of aliphatic hydroxyl groups excluding tert-OH is 1. The summed E-state index contributed by atoms with van der Waals surface area (Å²) >= 11 is 0. The van der Waals surface area contributed by atoms with Crippen molar-refractivity contribution >= 4 is 16.6 Å². The molecule has 0 aromatic rings. The van der Waals surface area contributed by atoms with E-state index < -0.39 is 16.6 Å². The van der Waals surface area contributed by atoms with Gasteiger partial charge in [-0.05, 0) is 62.5 Å². The number of aliphatic hydroxyl groups is 1. The van der Waals surface area contributed by atoms with Crippen LogP contribution in [0.4, 0.5) is 0 Å². The molecule has 4 nitrogen and oxygen atoms in total. The predicted molar refractivity (Wildman–Crippen MR) is 129 cm³/mol. The number of unbranched alkanes of at least 4 members (excludes halogenated alkanes) is 1. The molecule has 0 bridgehead atoms. The first-order valence-corrected chi connectivity index (χ1v) is 17.3. The lowest BCUT2D eigenvalue weighted by atomic mass is 9.91. The van der Waals surface area contributed by atoms with Gasteiger partial charge in [0.2, 0.25) is 0 Å². The molecule has 0 amide bonds. The average molecular weight is 447 g/mol. The molecular weight excluding hydrogens is 396 g/mol. The number of ether oxygens (including phenoxy) is 1. The number of rotatable bonds is 11. The third-order valence-electron chi connectivity index (χ3n) is 7.72. The molecule has 29 heavy (non-hydrogen) atoms. The third-order valence-corrected chi connectivity index (χ3v) is 16.8. The Morgan fingerprint density at radius 2 is 1.48 bits per heavy atom. The Labute approximate surface area is 183 Å². The van der Waals surface area contributed by atoms with Crippen molar-refractivity contribution in [1.29, 1.82) is 0 Å². The van der Waals surface area contributed by atoms with Crippen LogP contribution < -0.4 is 0 Å². The molecule has 4 atom stereocenters. The topological polar surface area (TPSA) is 51.2 Å². The second-order valence-electron chi connectivity index (χ2n) is 12.4. The highest BCUT2D eigenvalue weighted by molar-refractivity contribution is 6.74. The van der Waals surface area contributed by atoms with Gasteiger partial charge in [-0.2, -0.15) is 0 Å². The van der Waals surface area contributed by atoms with Crippen molar-refractivity contribution in [2.75, 3.05) is 13.2 Å². The lowest BCUT2D eigenvalue weighted by molar-refractivity contribution is 0.0954. The van der Waals surface area contributed by atoms with E-state index >= 15 is 0 Å². The normalized spacial score (nSPS) is 25.8. The van der Waals surface area contributed by atoms with Crippen LogP contribution in [0.3, 0.4) is 0 Å². The van der Waals surface area contributed by atoms with Gasteiger partial charge in [0, 0.05) is 12.5 Å². The Morgan fingerprint density at radius 3 is 1.90 bits per heavy atom. The summed E-state index contributed by atoms with van der Waals surface area (Å²) in [6.07, 6.45) is 3.45. The van der Waals surface area contributed by atoms with Crippen molar-refractivity contribution in [2.24, 2.45) is 5.92 Å². The zero-order valence-corrected chi connectivity index (χ0v) is 23.4. The van der Waals surface area contributed by atoms with E-state index in [1.54, 1.807) is 0 Å². The lowest BCUT2D eigenvalue weighted by Crippen LogP contribution is -2.46. The summed E-state index contributed by atoms with van der Waals surface area (Å²) in [7, 11) is -3.54. The van der Waals surface area contributed by atoms with Gasteiger partial charge in [-0.15, -0.1) is 0 Å². The minimum Gasteiger partial charge on any atom is -0.417 e. The number of hydrogen-bond donors (Lipinski definition) is 1. The highest BCUT2D eigenvalue weighted by Crippen LogP contribution is 2.45. The highest BCUT2D eigenvalue weighted by Gasteiger charge is 2.56. The molecule has 0 spiro atoms. The molecule has 1 rings (SSSR count). The van der Waals surface area contributed by atoms with Crippen molar-refractivity contribution in [2.45, 2.75) is 129 Å². The quantitative estimate of drug-likeness (QED) is 0.228. The predicted octanol–water partition coefficient (Wildman–Crippen LogP) is 6.35. The minimum absolute atomic E-state index is 0.0785. The summed E-state index contributed by atoms with van der Waals surface area (Å²) in [5.74, 6) is 0.280. The molecule has 1 fully saturated rings. The fourth-order valence-corrected chi connectivity index (χ4v) is 5.75. The Bertz CT molecular complexity index is 522. The van der Waals surface area contributed by atoms with Gasteiger partial charge >= 0.3 is 0 Å². The molecule has 0 unspecified atom stereocenters. The number of hydrogen-bond acceptors (Lipinski definition) is 4. The zero-order chi connectivity index (χ0) is 22.9. The Hall–Kier alpha value is 0.274. The van der Waals surface area contributed by atoms with Crippen LogP contribution >= 0.6 is 0 Å². The lowest BCUT2D eigenvalue weighted by Gasteiger charge is -2.41. The Kier molecular flexibility index (Phi) is 8.86. The van der Waals surface area contributed by atoms with Crippen LogP contribution in [-0.4, -0.2) is 52.8 Å². The van der Waals surface area contributed by atoms with Gasteiger partial charge in [-0.1, -0.05) is 48.5 Å². The van der Waals surface area contributed by atoms with Gasteiger partial charge in [0.05, 0.1) is 18.8 Å². The van der Waals surface area contributed by atoms with Crippen LogP contribution in [-0.2, 0) is 13.6 Å². The second-order valence-corrected chi connectivity index (χ2v) is 22.0. The highest BCUT2D eigenvalue weighted by atomic mass is 28.4. The average Bonchev–Trinajstić information content (AvgIpc) is 3.23. The minimum atomic E-state index is -1.87. The molecule has 1 N–H and O–H groups in total. The smallest absolute Gasteiger partial charge is 0.192 e. The SMILES string of the molecule is C[C@H]([C@H](CCCCO[Si](C)(C)C(C)(C)C)O[Si](C)(C)C(C)(C)C)[C@H]1O[C@]1(C)CO. The molecule has 0 aromatic carbocycles. The van der Waals surface area contributed by atoms with Gasteiger partial charge < -0.3 is 18.7 Å². The summed E-state index contributed by atoms with van der Waals surface area (Å²) in [6.45, 7) is 28.2. The van der Waals surface area contributed by atoms with E-state index in [0.717, 1.165) is 25.9 Å². The molecule has 1 aliphatic heterocycles. The Morgan fingerprint density at radius 1 is 0.966 bits per heavy atom. The van der Waals surface area contributed by atoms with Gasteiger partial charge in [0.15, 0.2) is 16.6 Å². The van der Waals surface area contributed by atoms with Gasteiger partial charge in [-0.3, -0.25) is 0 Å². The fraction of sp³-hybridized carbons (Fsp3) is 1.00. The van der Waals surface area contributed by atoms with Crippen LogP contribution in [0.15, 0.2) is 0 Å². The van der Waals surface area contributed by atoms with E-state index in [1.807, 2.05) is 6.92 Å². The van der Waals surface area contributed by atoms with Crippen molar-refractivity contribution in [3.8, 4) is 0 Å². The van der Waals surface area contributed by atoms with E-state index in [-0.39, 0.29) is 40.4 Å². The third kappa shape index (κ3) is 7.14. The van der Waals surface area contributed by atoms with Crippen LogP contribution in [0.5, 0.6) is 0 Å². The van der Waals surface area contributed by atoms with Crippen LogP contribution in [0.25, 0.3) is 0 Å². The fourth-order valence-electron chi connectivity index (χ4n) is 3.22. The van der Waals surface area contributed by atoms with Gasteiger partial charge in [0.25, 0.3) is 0 Å². The molecule has 174 valence electrons. The van der Waals surface area contributed by atoms with E-state index in [2.05, 4.69) is 74.7 Å². The maximum Gasteiger partial charge on any atom is 0.192 e. The summed E-state index contributed by atoms with van der Waals surface area (Å²) in [6, 6.07) is 0. The van der Waals surface area contributed by atoms with Crippen molar-refractivity contribution in [1.82, 2.24) is 0 Å². The summed E-state index contributed by atoms with van der Waals surface area (Å²) in [4.78, 5) is 0. The standard InChI is InChI=1S/C23H50O4Si2/c1-18(20-23(8,17-24)26-20)19(27-29(11,12)22(5,6)7)15-13-14-16-25-28(9,10)21(2,3)4/h18-20,24H,13-17H2,1-12H3/t18-,19+,20-,23-/m1/s1. The molecule has 1 saturated heterocycles. The van der Waals surface area contributed by atoms with Crippen LogP contribution in [0, 0.1) is 5.92 Å². The van der Waals surface area contributed by atoms with Crippen molar-refractivity contribution in [3.05, 3.63) is 0 Å². The molecule has 6 heteroatoms. The van der Waals surface area contributed by atoms with Crippen molar-refractivity contribution in [3.63, 3.8) is 0 Å². The number of epoxide rings is 1. The summed E-state index contributed by atoms with van der Waals surface area (Å²) in [5.41, 5.74) is -0.389. The largest absolute Gasteiger partial charge is 0.417 e. The van der Waals surface area contributed by atoms with E-state index in [0.29, 0.717) is 0 Å². The first-order valence-electron chi connectivity index (χ1n) is 11.5. The molecule has 1 heterocycles. The summed E-state index contributed by atoms with van der Waals surface area (Å²) < 4.78 is 19.1. The van der Waals surface area contributed by atoms with E-state index in [9.17, 15) is 5.11 Å². The van der Waals surface area contributed by atoms with E-state index in [4.69, 9.17) is 13.6 Å². The molecule has 0 aliphatic carbocycles. The molecule has 0 saturated carbocycles. The summed E-state index contributed by atoms with van der Waals surface area (Å²) in [5, 5.41) is 10.1.